The number of thioether (sulfide) groups is 1. The zero-order valence-corrected chi connectivity index (χ0v) is 18.1. The molecule has 3 amide bonds. The molecule has 1 unspecified atom stereocenters. The third kappa shape index (κ3) is 4.11. The number of sulfonamides is 1. The molecule has 0 saturated carbocycles. The maximum absolute atomic E-state index is 13.3. The van der Waals surface area contributed by atoms with Gasteiger partial charge in [-0.05, 0) is 49.9 Å². The van der Waals surface area contributed by atoms with Gasteiger partial charge in [-0.1, -0.05) is 25.1 Å². The fourth-order valence-electron chi connectivity index (χ4n) is 3.02. The van der Waals surface area contributed by atoms with Crippen molar-refractivity contribution in [2.75, 3.05) is 22.0 Å². The molecule has 2 aromatic carbocycles. The van der Waals surface area contributed by atoms with Crippen LogP contribution in [0.1, 0.15) is 20.3 Å². The lowest BCUT2D eigenvalue weighted by Crippen LogP contribution is -2.54. The average molecular weight is 434 g/mol. The zero-order valence-electron chi connectivity index (χ0n) is 16.5. The van der Waals surface area contributed by atoms with E-state index < -0.39 is 16.1 Å². The second kappa shape index (κ2) is 8.46. The molecule has 1 N–H and O–H groups in total. The first-order valence-electron chi connectivity index (χ1n) is 9.18. The summed E-state index contributed by atoms with van der Waals surface area (Å²) >= 11 is 1.44. The largest absolute Gasteiger partial charge is 0.352 e. The Morgan fingerprint density at radius 2 is 1.90 bits per heavy atom. The van der Waals surface area contributed by atoms with Gasteiger partial charge < -0.3 is 5.32 Å². The number of hydrogen-bond acceptors (Lipinski definition) is 5. The number of carbonyl (C=O) groups excluding carboxylic acids is 2. The Labute approximate surface area is 175 Å². The molecule has 29 heavy (non-hydrogen) atoms. The van der Waals surface area contributed by atoms with E-state index in [1.54, 1.807) is 30.3 Å². The first-order chi connectivity index (χ1) is 13.8. The summed E-state index contributed by atoms with van der Waals surface area (Å²) in [5, 5.41) is 2.82. The number of amides is 3. The smallest absolute Gasteiger partial charge is 0.343 e. The van der Waals surface area contributed by atoms with Crippen molar-refractivity contribution in [2.24, 2.45) is 0 Å². The van der Waals surface area contributed by atoms with E-state index in [1.165, 1.54) is 28.8 Å². The number of para-hydroxylation sites is 1. The van der Waals surface area contributed by atoms with Gasteiger partial charge in [-0.25, -0.2) is 13.2 Å². The molecule has 2 aromatic rings. The molecule has 0 saturated heterocycles. The number of nitrogens with zero attached hydrogens (tertiary/aromatic N) is 2. The van der Waals surface area contributed by atoms with Crippen LogP contribution in [0.5, 0.6) is 0 Å². The van der Waals surface area contributed by atoms with Crippen molar-refractivity contribution in [2.45, 2.75) is 36.1 Å². The van der Waals surface area contributed by atoms with Crippen LogP contribution in [0.25, 0.3) is 0 Å². The molecular formula is C20H23N3O4S2. The number of rotatable bonds is 6. The van der Waals surface area contributed by atoms with Crippen LogP contribution in [0.15, 0.2) is 58.3 Å². The van der Waals surface area contributed by atoms with Crippen molar-refractivity contribution >= 4 is 45.1 Å². The second-order valence-electron chi connectivity index (χ2n) is 6.68. The van der Waals surface area contributed by atoms with Gasteiger partial charge in [-0.3, -0.25) is 9.69 Å². The lowest BCUT2D eigenvalue weighted by Gasteiger charge is -2.36. The molecule has 1 aliphatic heterocycles. The van der Waals surface area contributed by atoms with E-state index in [9.17, 15) is 18.0 Å². The summed E-state index contributed by atoms with van der Waals surface area (Å²) in [5.74, 6) is -0.348. The van der Waals surface area contributed by atoms with Crippen LogP contribution in [0.2, 0.25) is 0 Å². The molecule has 3 rings (SSSR count). The summed E-state index contributed by atoms with van der Waals surface area (Å²) in [7, 11) is -4.11. The summed E-state index contributed by atoms with van der Waals surface area (Å²) in [6, 6.07) is 12.2. The molecule has 0 spiro atoms. The molecule has 0 radical (unpaired) electrons. The van der Waals surface area contributed by atoms with Gasteiger partial charge in [0.05, 0.1) is 11.4 Å². The molecule has 1 atom stereocenters. The number of nitrogens with one attached hydrogen (secondary N) is 1. The van der Waals surface area contributed by atoms with Gasteiger partial charge in [0.2, 0.25) is 5.91 Å². The highest BCUT2D eigenvalue weighted by atomic mass is 32.2. The monoisotopic (exact) mass is 433 g/mol. The fourth-order valence-corrected chi connectivity index (χ4v) is 5.06. The lowest BCUT2D eigenvalue weighted by molar-refractivity contribution is -0.120. The van der Waals surface area contributed by atoms with E-state index in [4.69, 9.17) is 0 Å². The van der Waals surface area contributed by atoms with Gasteiger partial charge in [-0.2, -0.15) is 4.31 Å². The molecule has 0 bridgehead atoms. The van der Waals surface area contributed by atoms with Gasteiger partial charge in [0.1, 0.15) is 11.4 Å². The molecule has 154 valence electrons. The van der Waals surface area contributed by atoms with E-state index in [0.717, 1.165) is 15.6 Å². The van der Waals surface area contributed by atoms with Crippen molar-refractivity contribution in [3.05, 3.63) is 48.5 Å². The summed E-state index contributed by atoms with van der Waals surface area (Å²) in [6.45, 7) is 3.54. The third-order valence-corrected chi connectivity index (χ3v) is 7.16. The minimum absolute atomic E-state index is 0.00880. The van der Waals surface area contributed by atoms with Crippen LogP contribution < -0.4 is 14.5 Å². The summed E-state index contributed by atoms with van der Waals surface area (Å²) in [5.41, 5.74) is 0.442. The number of hydrogen-bond donors (Lipinski definition) is 1. The van der Waals surface area contributed by atoms with Crippen LogP contribution in [0.4, 0.5) is 16.2 Å². The third-order valence-electron chi connectivity index (χ3n) is 4.69. The fraction of sp³-hybridized carbons (Fsp3) is 0.300. The minimum atomic E-state index is -4.11. The summed E-state index contributed by atoms with van der Waals surface area (Å²) in [6.07, 6.45) is 2.62. The molecule has 7 nitrogen and oxygen atoms in total. The highest BCUT2D eigenvalue weighted by molar-refractivity contribution is 7.98. The molecule has 0 fully saturated rings. The topological polar surface area (TPSA) is 86.8 Å². The lowest BCUT2D eigenvalue weighted by atomic mass is 10.2. The van der Waals surface area contributed by atoms with E-state index in [0.29, 0.717) is 0 Å². The highest BCUT2D eigenvalue weighted by Gasteiger charge is 2.43. The van der Waals surface area contributed by atoms with Crippen LogP contribution >= 0.6 is 11.8 Å². The first-order valence-corrected chi connectivity index (χ1v) is 11.8. The number of benzene rings is 2. The quantitative estimate of drug-likeness (QED) is 0.705. The SMILES string of the molecule is CCC(C)NC(=O)CN1C(=O)N(c2cccc(SC)c2)S(=O)(=O)c2ccccc21. The molecule has 0 aliphatic carbocycles. The van der Waals surface area contributed by atoms with E-state index in [1.807, 2.05) is 26.2 Å². The van der Waals surface area contributed by atoms with Crippen LogP contribution in [-0.2, 0) is 14.8 Å². The van der Waals surface area contributed by atoms with Crippen molar-refractivity contribution in [1.29, 1.82) is 0 Å². The molecular weight excluding hydrogens is 410 g/mol. The molecule has 1 heterocycles. The van der Waals surface area contributed by atoms with Crippen molar-refractivity contribution in [1.82, 2.24) is 5.32 Å². The minimum Gasteiger partial charge on any atom is -0.352 e. The predicted octanol–water partition coefficient (Wildman–Crippen LogP) is 3.46. The summed E-state index contributed by atoms with van der Waals surface area (Å²) in [4.78, 5) is 27.8. The Morgan fingerprint density at radius 1 is 1.17 bits per heavy atom. The molecule has 9 heteroatoms. The van der Waals surface area contributed by atoms with Crippen LogP contribution in [0.3, 0.4) is 0 Å². The maximum atomic E-state index is 13.3. The molecule has 1 aliphatic rings. The number of fused-ring (bicyclic) bond motifs is 1. The standard InChI is InChI=1S/C20H23N3O4S2/c1-4-14(2)21-19(24)13-22-17-10-5-6-11-18(17)29(26,27)23(20(22)25)15-8-7-9-16(12-15)28-3/h5-12,14H,4,13H2,1-3H3,(H,21,24). The van der Waals surface area contributed by atoms with Crippen molar-refractivity contribution in [3.8, 4) is 0 Å². The number of anilines is 2. The Morgan fingerprint density at radius 3 is 2.59 bits per heavy atom. The Hall–Kier alpha value is -2.52. The average Bonchev–Trinajstić information content (AvgIpc) is 2.71. The van der Waals surface area contributed by atoms with Crippen molar-refractivity contribution < 1.29 is 18.0 Å². The predicted molar refractivity (Wildman–Crippen MR) is 115 cm³/mol. The molecule has 0 aromatic heterocycles. The zero-order chi connectivity index (χ0) is 21.2. The van der Waals surface area contributed by atoms with Gasteiger partial charge in [0, 0.05) is 10.9 Å². The Kier molecular flexibility index (Phi) is 6.18. The van der Waals surface area contributed by atoms with Gasteiger partial charge in [-0.15, -0.1) is 11.8 Å². The van der Waals surface area contributed by atoms with Crippen LogP contribution in [-0.4, -0.2) is 39.2 Å². The second-order valence-corrected chi connectivity index (χ2v) is 9.32. The normalized spacial score (nSPS) is 16.3. The number of urea groups is 1. The maximum Gasteiger partial charge on any atom is 0.343 e. The summed E-state index contributed by atoms with van der Waals surface area (Å²) < 4.78 is 27.3. The van der Waals surface area contributed by atoms with Gasteiger partial charge in [0.15, 0.2) is 0 Å². The van der Waals surface area contributed by atoms with Crippen LogP contribution in [0, 0.1) is 0 Å². The van der Waals surface area contributed by atoms with E-state index >= 15 is 0 Å². The van der Waals surface area contributed by atoms with Gasteiger partial charge >= 0.3 is 6.03 Å². The van der Waals surface area contributed by atoms with Crippen molar-refractivity contribution in [3.63, 3.8) is 0 Å². The highest BCUT2D eigenvalue weighted by Crippen LogP contribution is 2.37. The van der Waals surface area contributed by atoms with E-state index in [2.05, 4.69) is 5.32 Å². The Bertz CT molecular complexity index is 1040. The first kappa shape index (κ1) is 21.2. The van der Waals surface area contributed by atoms with Gasteiger partial charge in [0.25, 0.3) is 10.0 Å². The number of carbonyl (C=O) groups is 2. The van der Waals surface area contributed by atoms with E-state index in [-0.39, 0.29) is 34.8 Å². The Balaban J connectivity index is 2.08.